The lowest BCUT2D eigenvalue weighted by molar-refractivity contribution is -0.161. The lowest BCUT2D eigenvalue weighted by Gasteiger charge is -2.21. The van der Waals surface area contributed by atoms with Gasteiger partial charge in [-0.3, -0.25) is 37.3 Å². The van der Waals surface area contributed by atoms with Crippen molar-refractivity contribution in [1.29, 1.82) is 0 Å². The molecule has 0 heterocycles. The summed E-state index contributed by atoms with van der Waals surface area (Å²) < 4.78 is 68.1. The summed E-state index contributed by atoms with van der Waals surface area (Å²) in [5, 5.41) is 10.6. The van der Waals surface area contributed by atoms with Crippen LogP contribution in [-0.2, 0) is 65.4 Å². The molecule has 17 nitrogen and oxygen atoms in total. The van der Waals surface area contributed by atoms with E-state index < -0.39 is 97.5 Å². The average molecular weight is 1260 g/mol. The molecular formula is C66H128O17P2. The van der Waals surface area contributed by atoms with Crippen LogP contribution in [0.1, 0.15) is 319 Å². The maximum atomic E-state index is 13.0. The monoisotopic (exact) mass is 1250 g/mol. The highest BCUT2D eigenvalue weighted by Crippen LogP contribution is 2.45. The second-order valence-corrected chi connectivity index (χ2v) is 28.2. The molecule has 0 saturated carbocycles. The summed E-state index contributed by atoms with van der Waals surface area (Å²) in [6.45, 7) is 14.0. The van der Waals surface area contributed by atoms with E-state index in [1.165, 1.54) is 116 Å². The standard InChI is InChI=1S/C66H128O17P2/c1-9-58(7)44-36-28-20-15-17-23-33-41-49-66(71)83-62(53-77-64(69)47-39-31-25-24-29-37-45-59(8)10-2)55-81-85(74,75)79-51-60(67)50-78-84(72,73)80-54-61(82-65(70)48-40-32-22-16-14-19-27-35-43-57(5)6)52-76-63(68)46-38-30-21-13-11-12-18-26-34-42-56(3)4/h56-62,67H,9-55H2,1-8H3,(H,72,73)(H,74,75)/t58?,59?,60-,61-,62-/m1/s1. The SMILES string of the molecule is CCC(C)CCCCCCCCCCC(=O)O[C@H](COC(=O)CCCCCCCCC(C)CC)COP(=O)(O)OC[C@H](O)COP(=O)(O)OC[C@@H](COC(=O)CCCCCCCCCCCC(C)C)OC(=O)CCCCCCCCCCC(C)C. The molecule has 0 aromatic rings. The number of unbranched alkanes of at least 4 members (excludes halogenated alkanes) is 27. The first-order chi connectivity index (χ1) is 40.7. The van der Waals surface area contributed by atoms with Gasteiger partial charge in [-0.25, -0.2) is 9.13 Å². The van der Waals surface area contributed by atoms with Crippen LogP contribution in [0, 0.1) is 23.7 Å². The first-order valence-electron chi connectivity index (χ1n) is 34.3. The molecule has 4 unspecified atom stereocenters. The van der Waals surface area contributed by atoms with Crippen molar-refractivity contribution in [3.63, 3.8) is 0 Å². The molecule has 0 amide bonds. The second kappa shape index (κ2) is 56.1. The molecule has 0 aromatic heterocycles. The maximum Gasteiger partial charge on any atom is 0.472 e. The van der Waals surface area contributed by atoms with Crippen molar-refractivity contribution in [2.45, 2.75) is 337 Å². The number of phosphoric ester groups is 2. The van der Waals surface area contributed by atoms with Crippen molar-refractivity contribution in [3.05, 3.63) is 0 Å². The number of carbonyl (C=O) groups is 4. The smallest absolute Gasteiger partial charge is 0.462 e. The van der Waals surface area contributed by atoms with Crippen LogP contribution < -0.4 is 0 Å². The van der Waals surface area contributed by atoms with Gasteiger partial charge in [0.25, 0.3) is 0 Å². The van der Waals surface area contributed by atoms with Crippen molar-refractivity contribution in [3.8, 4) is 0 Å². The Balaban J connectivity index is 5.27. The number of esters is 4. The summed E-state index contributed by atoms with van der Waals surface area (Å²) in [4.78, 5) is 72.3. The van der Waals surface area contributed by atoms with Gasteiger partial charge in [-0.15, -0.1) is 0 Å². The maximum absolute atomic E-state index is 13.0. The second-order valence-electron chi connectivity index (χ2n) is 25.3. The number of aliphatic hydroxyl groups excluding tert-OH is 1. The lowest BCUT2D eigenvalue weighted by Crippen LogP contribution is -2.30. The number of aliphatic hydroxyl groups is 1. The number of carbonyl (C=O) groups excluding carboxylic acids is 4. The molecule has 0 aromatic carbocycles. The molecule has 0 saturated heterocycles. The van der Waals surface area contributed by atoms with Gasteiger partial charge in [-0.05, 0) is 49.4 Å². The van der Waals surface area contributed by atoms with E-state index in [-0.39, 0.29) is 25.7 Å². The fraction of sp³-hybridized carbons (Fsp3) is 0.939. The van der Waals surface area contributed by atoms with Crippen LogP contribution in [0.5, 0.6) is 0 Å². The van der Waals surface area contributed by atoms with E-state index in [4.69, 9.17) is 37.0 Å². The van der Waals surface area contributed by atoms with Gasteiger partial charge >= 0.3 is 39.5 Å². The first-order valence-corrected chi connectivity index (χ1v) is 37.3. The van der Waals surface area contributed by atoms with E-state index in [0.717, 1.165) is 120 Å². The predicted molar refractivity (Wildman–Crippen MR) is 340 cm³/mol. The van der Waals surface area contributed by atoms with Crippen LogP contribution in [-0.4, -0.2) is 96.7 Å². The number of phosphoric acid groups is 2. The lowest BCUT2D eigenvalue weighted by atomic mass is 9.99. The Hall–Kier alpha value is -1.94. The Morgan fingerprint density at radius 2 is 0.565 bits per heavy atom. The zero-order valence-electron chi connectivity index (χ0n) is 55.2. The Morgan fingerprint density at radius 3 is 0.835 bits per heavy atom. The Morgan fingerprint density at radius 1 is 0.329 bits per heavy atom. The van der Waals surface area contributed by atoms with E-state index in [1.54, 1.807) is 0 Å². The molecule has 0 radical (unpaired) electrons. The van der Waals surface area contributed by atoms with Crippen molar-refractivity contribution in [2.24, 2.45) is 23.7 Å². The van der Waals surface area contributed by atoms with Gasteiger partial charge in [0.2, 0.25) is 0 Å². The molecule has 504 valence electrons. The van der Waals surface area contributed by atoms with E-state index in [2.05, 4.69) is 55.4 Å². The highest BCUT2D eigenvalue weighted by atomic mass is 31.2. The third kappa shape index (κ3) is 58.2. The van der Waals surface area contributed by atoms with Crippen molar-refractivity contribution in [2.75, 3.05) is 39.6 Å². The molecule has 19 heteroatoms. The third-order valence-electron chi connectivity index (χ3n) is 15.8. The van der Waals surface area contributed by atoms with Crippen LogP contribution in [0.15, 0.2) is 0 Å². The van der Waals surface area contributed by atoms with E-state index in [1.807, 2.05) is 0 Å². The van der Waals surface area contributed by atoms with Crippen LogP contribution in [0.25, 0.3) is 0 Å². The summed E-state index contributed by atoms with van der Waals surface area (Å²) in [6.07, 6.45) is 36.2. The summed E-state index contributed by atoms with van der Waals surface area (Å²) >= 11 is 0. The zero-order chi connectivity index (χ0) is 63.2. The quantitative estimate of drug-likeness (QED) is 0.0222. The molecule has 0 fully saturated rings. The molecule has 0 aliphatic carbocycles. The van der Waals surface area contributed by atoms with Crippen LogP contribution in [0.4, 0.5) is 0 Å². The first kappa shape index (κ1) is 83.1. The highest BCUT2D eigenvalue weighted by molar-refractivity contribution is 7.47. The average Bonchev–Trinajstić information content (AvgIpc) is 3.61. The molecule has 3 N–H and O–H groups in total. The van der Waals surface area contributed by atoms with Gasteiger partial charge in [0.15, 0.2) is 12.2 Å². The molecular weight excluding hydrogens is 1130 g/mol. The molecule has 0 aliphatic heterocycles. The van der Waals surface area contributed by atoms with E-state index in [0.29, 0.717) is 25.7 Å². The zero-order valence-corrected chi connectivity index (χ0v) is 57.0. The summed E-state index contributed by atoms with van der Waals surface area (Å²) in [7, 11) is -9.89. The van der Waals surface area contributed by atoms with E-state index in [9.17, 15) is 43.2 Å². The largest absolute Gasteiger partial charge is 0.472 e. The van der Waals surface area contributed by atoms with Gasteiger partial charge in [0, 0.05) is 25.7 Å². The van der Waals surface area contributed by atoms with Crippen molar-refractivity contribution < 1.29 is 80.2 Å². The van der Waals surface area contributed by atoms with E-state index >= 15 is 0 Å². The topological polar surface area (TPSA) is 237 Å². The number of hydrogen-bond donors (Lipinski definition) is 3. The molecule has 0 rings (SSSR count). The molecule has 85 heavy (non-hydrogen) atoms. The fourth-order valence-electron chi connectivity index (χ4n) is 9.72. The summed E-state index contributed by atoms with van der Waals surface area (Å²) in [5.74, 6) is 0.824. The molecule has 0 spiro atoms. The minimum absolute atomic E-state index is 0.103. The Labute approximate surface area is 517 Å². The fourth-order valence-corrected chi connectivity index (χ4v) is 11.3. The van der Waals surface area contributed by atoms with Crippen LogP contribution in [0.2, 0.25) is 0 Å². The molecule has 0 aliphatic rings. The third-order valence-corrected chi connectivity index (χ3v) is 17.7. The van der Waals surface area contributed by atoms with Gasteiger partial charge in [-0.2, -0.15) is 0 Å². The predicted octanol–water partition coefficient (Wildman–Crippen LogP) is 18.1. The minimum atomic E-state index is -4.95. The van der Waals surface area contributed by atoms with Gasteiger partial charge in [0.05, 0.1) is 26.4 Å². The molecule has 0 bridgehead atoms. The highest BCUT2D eigenvalue weighted by Gasteiger charge is 2.30. The van der Waals surface area contributed by atoms with Crippen molar-refractivity contribution >= 4 is 39.5 Å². The van der Waals surface area contributed by atoms with Gasteiger partial charge < -0.3 is 33.8 Å². The number of rotatable bonds is 63. The summed E-state index contributed by atoms with van der Waals surface area (Å²) in [6, 6.07) is 0. The Bertz CT molecular complexity index is 1700. The number of hydrogen-bond acceptors (Lipinski definition) is 15. The van der Waals surface area contributed by atoms with Crippen molar-refractivity contribution in [1.82, 2.24) is 0 Å². The van der Waals surface area contributed by atoms with Gasteiger partial charge in [0.1, 0.15) is 19.3 Å². The normalized spacial score (nSPS) is 15.0. The van der Waals surface area contributed by atoms with Crippen LogP contribution >= 0.6 is 15.6 Å². The molecule has 7 atom stereocenters. The Kier molecular flexibility index (Phi) is 54.8. The summed E-state index contributed by atoms with van der Waals surface area (Å²) in [5.41, 5.74) is 0. The van der Waals surface area contributed by atoms with Crippen LogP contribution in [0.3, 0.4) is 0 Å². The van der Waals surface area contributed by atoms with Gasteiger partial charge in [-0.1, -0.05) is 267 Å². The number of ether oxygens (including phenoxy) is 4. The minimum Gasteiger partial charge on any atom is -0.462 e.